The van der Waals surface area contributed by atoms with Crippen LogP contribution in [0.1, 0.15) is 41.0 Å². The number of carbonyl (C=O) groups excluding carboxylic acids is 2. The van der Waals surface area contributed by atoms with Crippen molar-refractivity contribution in [2.24, 2.45) is 5.92 Å². The first-order valence-electron chi connectivity index (χ1n) is 9.55. The van der Waals surface area contributed by atoms with E-state index >= 15 is 0 Å². The van der Waals surface area contributed by atoms with E-state index in [-0.39, 0.29) is 0 Å². The molecule has 0 saturated heterocycles. The molecule has 7 nitrogen and oxygen atoms in total. The fraction of sp³-hybridized carbons (Fsp3) is 0.364. The van der Waals surface area contributed by atoms with Crippen molar-refractivity contribution in [3.8, 4) is 11.5 Å². The summed E-state index contributed by atoms with van der Waals surface area (Å²) < 4.78 is 16.0. The molecule has 2 rings (SSSR count). The molecule has 0 radical (unpaired) electrons. The van der Waals surface area contributed by atoms with E-state index in [1.165, 1.54) is 0 Å². The maximum atomic E-state index is 12.2. The maximum absolute atomic E-state index is 12.2. The number of carbonyl (C=O) groups is 2. The number of amides is 2. The van der Waals surface area contributed by atoms with Gasteiger partial charge in [-0.25, -0.2) is 0 Å². The number of hydrazine groups is 1. The number of ether oxygens (including phenoxy) is 3. The molecule has 0 saturated carbocycles. The minimum absolute atomic E-state index is 0.401. The van der Waals surface area contributed by atoms with Crippen molar-refractivity contribution < 1.29 is 23.8 Å². The molecule has 156 valence electrons. The van der Waals surface area contributed by atoms with Gasteiger partial charge in [0.2, 0.25) is 0 Å². The van der Waals surface area contributed by atoms with Gasteiger partial charge < -0.3 is 14.2 Å². The van der Waals surface area contributed by atoms with Crippen molar-refractivity contribution in [2.75, 3.05) is 26.9 Å². The van der Waals surface area contributed by atoms with Crippen LogP contribution in [0.4, 0.5) is 0 Å². The number of benzene rings is 2. The van der Waals surface area contributed by atoms with E-state index in [9.17, 15) is 9.59 Å². The molecule has 0 atom stereocenters. The molecule has 0 bridgehead atoms. The van der Waals surface area contributed by atoms with E-state index < -0.39 is 11.8 Å². The van der Waals surface area contributed by atoms with Crippen molar-refractivity contribution in [3.05, 3.63) is 59.7 Å². The third-order valence-corrected chi connectivity index (χ3v) is 4.04. The van der Waals surface area contributed by atoms with Gasteiger partial charge in [0.15, 0.2) is 0 Å². The van der Waals surface area contributed by atoms with Crippen LogP contribution >= 0.6 is 0 Å². The van der Waals surface area contributed by atoms with E-state index in [2.05, 4.69) is 24.7 Å². The Morgan fingerprint density at radius 3 is 1.62 bits per heavy atom. The number of hydrogen-bond acceptors (Lipinski definition) is 5. The van der Waals surface area contributed by atoms with E-state index in [1.807, 2.05) is 0 Å². The molecule has 0 unspecified atom stereocenters. The van der Waals surface area contributed by atoms with E-state index in [4.69, 9.17) is 14.2 Å². The largest absolute Gasteiger partial charge is 0.494 e. The van der Waals surface area contributed by atoms with Gasteiger partial charge in [-0.2, -0.15) is 0 Å². The second-order valence-corrected chi connectivity index (χ2v) is 6.83. The van der Waals surface area contributed by atoms with Crippen molar-refractivity contribution in [3.63, 3.8) is 0 Å². The molecule has 0 aromatic heterocycles. The van der Waals surface area contributed by atoms with E-state index in [1.54, 1.807) is 55.6 Å². The van der Waals surface area contributed by atoms with Crippen LogP contribution in [-0.2, 0) is 4.74 Å². The van der Waals surface area contributed by atoms with Gasteiger partial charge in [0.05, 0.1) is 13.2 Å². The quantitative estimate of drug-likeness (QED) is 0.472. The summed E-state index contributed by atoms with van der Waals surface area (Å²) in [6, 6.07) is 13.4. The van der Waals surface area contributed by atoms with Crippen LogP contribution in [0.25, 0.3) is 0 Å². The topological polar surface area (TPSA) is 85.9 Å². The zero-order valence-electron chi connectivity index (χ0n) is 17.1. The summed E-state index contributed by atoms with van der Waals surface area (Å²) in [5, 5.41) is 0. The molecular weight excluding hydrogens is 372 g/mol. The third kappa shape index (κ3) is 7.83. The van der Waals surface area contributed by atoms with Gasteiger partial charge in [0.1, 0.15) is 18.1 Å². The van der Waals surface area contributed by atoms with Crippen molar-refractivity contribution in [1.82, 2.24) is 10.9 Å². The first-order chi connectivity index (χ1) is 14.0. The van der Waals surface area contributed by atoms with Crippen LogP contribution in [0, 0.1) is 5.92 Å². The summed E-state index contributed by atoms with van der Waals surface area (Å²) in [6.45, 7) is 5.82. The summed E-state index contributed by atoms with van der Waals surface area (Å²) >= 11 is 0. The second kappa shape index (κ2) is 11.7. The lowest BCUT2D eigenvalue weighted by atomic mass is 10.1. The first-order valence-corrected chi connectivity index (χ1v) is 9.55. The van der Waals surface area contributed by atoms with Crippen molar-refractivity contribution >= 4 is 11.8 Å². The maximum Gasteiger partial charge on any atom is 0.269 e. The molecule has 0 spiro atoms. The molecule has 0 aliphatic carbocycles. The normalized spacial score (nSPS) is 10.5. The zero-order valence-corrected chi connectivity index (χ0v) is 17.1. The number of hydrogen-bond donors (Lipinski definition) is 2. The van der Waals surface area contributed by atoms with Gasteiger partial charge in [-0.3, -0.25) is 20.4 Å². The lowest BCUT2D eigenvalue weighted by Gasteiger charge is -2.10. The summed E-state index contributed by atoms with van der Waals surface area (Å²) in [4.78, 5) is 24.4. The van der Waals surface area contributed by atoms with E-state index in [0.29, 0.717) is 48.4 Å². The van der Waals surface area contributed by atoms with Gasteiger partial charge in [-0.1, -0.05) is 13.8 Å². The lowest BCUT2D eigenvalue weighted by Crippen LogP contribution is -2.41. The Bertz CT molecular complexity index is 773. The molecule has 7 heteroatoms. The number of rotatable bonds is 10. The van der Waals surface area contributed by atoms with Crippen LogP contribution in [0.2, 0.25) is 0 Å². The Kier molecular flexibility index (Phi) is 8.98. The van der Waals surface area contributed by atoms with Crippen LogP contribution in [0.15, 0.2) is 48.5 Å². The average Bonchev–Trinajstić information content (AvgIpc) is 2.72. The summed E-state index contributed by atoms with van der Waals surface area (Å²) in [5.41, 5.74) is 5.63. The molecule has 0 heterocycles. The Morgan fingerprint density at radius 1 is 0.759 bits per heavy atom. The molecule has 2 N–H and O–H groups in total. The van der Waals surface area contributed by atoms with Crippen LogP contribution in [0.3, 0.4) is 0 Å². The predicted molar refractivity (Wildman–Crippen MR) is 110 cm³/mol. The Balaban J connectivity index is 1.79. The molecule has 2 amide bonds. The first kappa shape index (κ1) is 22.2. The molecule has 2 aromatic carbocycles. The fourth-order valence-corrected chi connectivity index (χ4v) is 2.32. The number of methoxy groups -OCH3 is 1. The van der Waals surface area contributed by atoms with Crippen LogP contribution in [0.5, 0.6) is 11.5 Å². The van der Waals surface area contributed by atoms with Gasteiger partial charge in [0.25, 0.3) is 11.8 Å². The highest BCUT2D eigenvalue weighted by atomic mass is 16.5. The molecule has 0 aliphatic rings. The Labute approximate surface area is 171 Å². The van der Waals surface area contributed by atoms with Crippen LogP contribution < -0.4 is 20.3 Å². The Hall–Kier alpha value is -3.06. The minimum Gasteiger partial charge on any atom is -0.494 e. The second-order valence-electron chi connectivity index (χ2n) is 6.83. The molecule has 2 aromatic rings. The highest BCUT2D eigenvalue weighted by Crippen LogP contribution is 2.14. The fourth-order valence-electron chi connectivity index (χ4n) is 2.32. The standard InChI is InChI=1S/C22H28N2O5/c1-16(2)12-13-28-19-8-4-17(5-9-19)21(25)23-24-22(26)18-6-10-20(11-7-18)29-15-14-27-3/h4-11,16H,12-15H2,1-3H3,(H,23,25)(H,24,26). The monoisotopic (exact) mass is 400 g/mol. The van der Waals surface area contributed by atoms with Gasteiger partial charge in [-0.05, 0) is 60.9 Å². The summed E-state index contributed by atoms with van der Waals surface area (Å²) in [5.74, 6) is 1.09. The molecular formula is C22H28N2O5. The smallest absolute Gasteiger partial charge is 0.269 e. The van der Waals surface area contributed by atoms with Crippen molar-refractivity contribution in [2.45, 2.75) is 20.3 Å². The average molecular weight is 400 g/mol. The zero-order chi connectivity index (χ0) is 21.1. The summed E-state index contributed by atoms with van der Waals surface area (Å²) in [7, 11) is 1.60. The Morgan fingerprint density at radius 2 is 1.21 bits per heavy atom. The highest BCUT2D eigenvalue weighted by molar-refractivity contribution is 5.99. The van der Waals surface area contributed by atoms with Gasteiger partial charge in [-0.15, -0.1) is 0 Å². The third-order valence-electron chi connectivity index (χ3n) is 4.04. The van der Waals surface area contributed by atoms with Crippen LogP contribution in [-0.4, -0.2) is 38.7 Å². The lowest BCUT2D eigenvalue weighted by molar-refractivity contribution is 0.0846. The number of nitrogens with one attached hydrogen (secondary N) is 2. The minimum atomic E-state index is -0.421. The van der Waals surface area contributed by atoms with E-state index in [0.717, 1.165) is 6.42 Å². The highest BCUT2D eigenvalue weighted by Gasteiger charge is 2.10. The van der Waals surface area contributed by atoms with Gasteiger partial charge >= 0.3 is 0 Å². The molecule has 29 heavy (non-hydrogen) atoms. The SMILES string of the molecule is COCCOc1ccc(C(=O)NNC(=O)c2ccc(OCCC(C)C)cc2)cc1. The molecule has 0 fully saturated rings. The van der Waals surface area contributed by atoms with Crippen molar-refractivity contribution in [1.29, 1.82) is 0 Å². The molecule has 0 aliphatic heterocycles. The van der Waals surface area contributed by atoms with Gasteiger partial charge in [0, 0.05) is 18.2 Å². The summed E-state index contributed by atoms with van der Waals surface area (Å²) in [6.07, 6.45) is 0.967. The predicted octanol–water partition coefficient (Wildman–Crippen LogP) is 3.21.